The predicted molar refractivity (Wildman–Crippen MR) is 98.0 cm³/mol. The van der Waals surface area contributed by atoms with Crippen LogP contribution in [0.2, 0.25) is 0 Å². The van der Waals surface area contributed by atoms with Crippen molar-refractivity contribution in [3.63, 3.8) is 0 Å². The van der Waals surface area contributed by atoms with Crippen molar-refractivity contribution >= 4 is 7.85 Å². The Kier molecular flexibility index (Phi) is 7.62. The fourth-order valence-electron chi connectivity index (χ4n) is 3.64. The molecule has 0 aliphatic carbocycles. The fraction of sp³-hybridized carbons (Fsp3) is 0.882. The second-order valence-corrected chi connectivity index (χ2v) is 7.27. The molecule has 0 N–H and O–H groups in total. The lowest BCUT2D eigenvalue weighted by molar-refractivity contribution is -0.0659. The molecule has 152 valence electrons. The van der Waals surface area contributed by atoms with Crippen molar-refractivity contribution in [3.8, 4) is 0 Å². The van der Waals surface area contributed by atoms with Gasteiger partial charge in [-0.3, -0.25) is 0 Å². The van der Waals surface area contributed by atoms with E-state index in [9.17, 15) is 0 Å². The van der Waals surface area contributed by atoms with E-state index in [0.717, 1.165) is 18.5 Å². The zero-order chi connectivity index (χ0) is 19.2. The van der Waals surface area contributed by atoms with Gasteiger partial charge in [0.15, 0.2) is 0 Å². The first kappa shape index (κ1) is 20.7. The highest BCUT2D eigenvalue weighted by Gasteiger charge is 2.34. The van der Waals surface area contributed by atoms with Crippen LogP contribution < -0.4 is 0 Å². The monoisotopic (exact) mass is 383 g/mol. The second kappa shape index (κ2) is 9.95. The number of hydrogen-bond acceptors (Lipinski definition) is 8. The lowest BCUT2D eigenvalue weighted by atomic mass is 9.96. The van der Waals surface area contributed by atoms with E-state index in [2.05, 4.69) is 10.3 Å². The molecule has 2 saturated heterocycles. The third-order valence-electron chi connectivity index (χ3n) is 4.94. The number of methoxy groups -OCH3 is 2. The molecule has 0 amide bonds. The van der Waals surface area contributed by atoms with Crippen LogP contribution in [0.5, 0.6) is 0 Å². The summed E-state index contributed by atoms with van der Waals surface area (Å²) in [5, 5.41) is 8.22. The molecule has 2 fully saturated rings. The van der Waals surface area contributed by atoms with Crippen molar-refractivity contribution in [1.29, 1.82) is 0 Å². The van der Waals surface area contributed by atoms with E-state index >= 15 is 0 Å². The van der Waals surface area contributed by atoms with Gasteiger partial charge in [0, 0.05) is 26.6 Å². The predicted octanol–water partition coefficient (Wildman–Crippen LogP) is -0.276. The average molecular weight is 383 g/mol. The minimum atomic E-state index is -0.0431. The molecular weight excluding hydrogens is 353 g/mol. The maximum Gasteiger partial charge on any atom is 0.141 e. The molecule has 0 bridgehead atoms. The van der Waals surface area contributed by atoms with Crippen molar-refractivity contribution in [3.05, 3.63) is 11.9 Å². The molecule has 2 aliphatic heterocycles. The normalized spacial score (nSPS) is 33.7. The van der Waals surface area contributed by atoms with Crippen LogP contribution in [0.4, 0.5) is 0 Å². The molecule has 2 aliphatic rings. The van der Waals surface area contributed by atoms with E-state index in [1.54, 1.807) is 18.9 Å². The molecule has 1 aromatic heterocycles. The highest BCUT2D eigenvalue weighted by molar-refractivity contribution is 6.11. The zero-order valence-electron chi connectivity index (χ0n) is 16.6. The molecule has 6 atom stereocenters. The quantitative estimate of drug-likeness (QED) is 0.511. The first-order chi connectivity index (χ1) is 13.1. The molecule has 9 nitrogen and oxygen atoms in total. The SMILES string of the molecule is B[C@H]1CC(OCc2cn(COC[C@H]3O[C@@H](C)CC3OC)nn2)[C@@H](COC)O1. The molecule has 0 spiro atoms. The molecule has 0 aromatic carbocycles. The van der Waals surface area contributed by atoms with Crippen LogP contribution in [0.25, 0.3) is 0 Å². The van der Waals surface area contributed by atoms with Crippen molar-refractivity contribution in [2.45, 2.75) is 69.6 Å². The summed E-state index contributed by atoms with van der Waals surface area (Å²) in [5.41, 5.74) is 0.759. The van der Waals surface area contributed by atoms with E-state index in [0.29, 0.717) is 26.6 Å². The summed E-state index contributed by atoms with van der Waals surface area (Å²) in [5.74, 6) is 0. The molecule has 2 unspecified atom stereocenters. The van der Waals surface area contributed by atoms with Crippen LogP contribution in [0, 0.1) is 0 Å². The fourth-order valence-corrected chi connectivity index (χ4v) is 3.64. The molecule has 0 saturated carbocycles. The van der Waals surface area contributed by atoms with Crippen LogP contribution in [-0.4, -0.2) is 86.8 Å². The third kappa shape index (κ3) is 5.72. The Balaban J connectivity index is 1.39. The van der Waals surface area contributed by atoms with Crippen molar-refractivity contribution < 1.29 is 28.4 Å². The van der Waals surface area contributed by atoms with E-state index in [4.69, 9.17) is 28.4 Å². The van der Waals surface area contributed by atoms with Gasteiger partial charge in [0.1, 0.15) is 32.5 Å². The Hall–Kier alpha value is -1.04. The highest BCUT2D eigenvalue weighted by Crippen LogP contribution is 2.23. The Labute approximate surface area is 161 Å². The van der Waals surface area contributed by atoms with Gasteiger partial charge in [-0.2, -0.15) is 0 Å². The zero-order valence-corrected chi connectivity index (χ0v) is 16.6. The van der Waals surface area contributed by atoms with Gasteiger partial charge in [-0.15, -0.1) is 5.10 Å². The molecular formula is C17H30BN3O6. The Morgan fingerprint density at radius 2 is 2.00 bits per heavy atom. The first-order valence-corrected chi connectivity index (χ1v) is 9.50. The van der Waals surface area contributed by atoms with E-state index in [-0.39, 0.29) is 36.5 Å². The van der Waals surface area contributed by atoms with Gasteiger partial charge in [-0.1, -0.05) is 5.21 Å². The van der Waals surface area contributed by atoms with Gasteiger partial charge in [-0.25, -0.2) is 4.68 Å². The van der Waals surface area contributed by atoms with Gasteiger partial charge in [0.25, 0.3) is 0 Å². The summed E-state index contributed by atoms with van der Waals surface area (Å²) in [4.78, 5) is 0. The minimum absolute atomic E-state index is 0.00818. The number of hydrogen-bond donors (Lipinski definition) is 0. The van der Waals surface area contributed by atoms with Crippen molar-refractivity contribution in [1.82, 2.24) is 15.0 Å². The van der Waals surface area contributed by atoms with Gasteiger partial charge in [-0.05, 0) is 13.3 Å². The van der Waals surface area contributed by atoms with Crippen molar-refractivity contribution in [2.75, 3.05) is 27.4 Å². The maximum atomic E-state index is 5.97. The van der Waals surface area contributed by atoms with Gasteiger partial charge in [0.2, 0.25) is 0 Å². The maximum absolute atomic E-state index is 5.97. The molecule has 3 rings (SSSR count). The van der Waals surface area contributed by atoms with Crippen LogP contribution in [0.1, 0.15) is 25.5 Å². The standard InChI is InChI=1S/C17H30BN3O6/c1-11-4-13(23-3)16(26-11)9-24-10-21-6-12(19-20-21)7-25-14-5-17(18)27-15(14)8-22-2/h6,11,13-17H,4-5,7-10,18H2,1-3H3/t11-,13?,14?,15+,16+,17+/m0/s1. The molecule has 27 heavy (non-hydrogen) atoms. The smallest absolute Gasteiger partial charge is 0.141 e. The second-order valence-electron chi connectivity index (χ2n) is 7.27. The summed E-state index contributed by atoms with van der Waals surface area (Å²) in [7, 11) is 5.42. The third-order valence-corrected chi connectivity index (χ3v) is 4.94. The highest BCUT2D eigenvalue weighted by atomic mass is 16.6. The van der Waals surface area contributed by atoms with E-state index in [1.807, 2.05) is 21.0 Å². The number of aromatic nitrogens is 3. The Morgan fingerprint density at radius 1 is 1.19 bits per heavy atom. The summed E-state index contributed by atoms with van der Waals surface area (Å²) in [6.07, 6.45) is 3.78. The summed E-state index contributed by atoms with van der Waals surface area (Å²) in [6.45, 7) is 3.73. The van der Waals surface area contributed by atoms with E-state index < -0.39 is 0 Å². The van der Waals surface area contributed by atoms with Gasteiger partial charge in [0.05, 0.1) is 44.3 Å². The van der Waals surface area contributed by atoms with Crippen LogP contribution in [0.3, 0.4) is 0 Å². The first-order valence-electron chi connectivity index (χ1n) is 9.50. The van der Waals surface area contributed by atoms with Crippen molar-refractivity contribution in [2.24, 2.45) is 0 Å². The Morgan fingerprint density at radius 3 is 2.78 bits per heavy atom. The molecule has 3 heterocycles. The number of nitrogens with zero attached hydrogens (tertiary/aromatic N) is 3. The van der Waals surface area contributed by atoms with Crippen LogP contribution in [0.15, 0.2) is 6.20 Å². The lowest BCUT2D eigenvalue weighted by Crippen LogP contribution is -2.28. The number of ether oxygens (including phenoxy) is 6. The van der Waals surface area contributed by atoms with E-state index in [1.165, 1.54) is 0 Å². The molecule has 1 aromatic rings. The van der Waals surface area contributed by atoms with Gasteiger partial charge < -0.3 is 28.4 Å². The largest absolute Gasteiger partial charge is 0.382 e. The topological polar surface area (TPSA) is 86.1 Å². The number of rotatable bonds is 10. The summed E-state index contributed by atoms with van der Waals surface area (Å²) < 4.78 is 35.6. The molecule has 0 radical (unpaired) electrons. The summed E-state index contributed by atoms with van der Waals surface area (Å²) >= 11 is 0. The van der Waals surface area contributed by atoms with Gasteiger partial charge >= 0.3 is 0 Å². The Bertz CT molecular complexity index is 577. The molecule has 10 heteroatoms. The average Bonchev–Trinajstić information content (AvgIpc) is 3.33. The summed E-state index contributed by atoms with van der Waals surface area (Å²) in [6, 6.07) is 0.177. The lowest BCUT2D eigenvalue weighted by Gasteiger charge is -2.17. The minimum Gasteiger partial charge on any atom is -0.382 e. The van der Waals surface area contributed by atoms with Crippen LogP contribution >= 0.6 is 0 Å². The van der Waals surface area contributed by atoms with Crippen LogP contribution in [-0.2, 0) is 41.8 Å².